The first-order valence-electron chi connectivity index (χ1n) is 11.3. The molecule has 168 valence electrons. The fourth-order valence-corrected chi connectivity index (χ4v) is 4.97. The van der Waals surface area contributed by atoms with Crippen molar-refractivity contribution in [2.45, 2.75) is 77.8 Å². The van der Waals surface area contributed by atoms with E-state index in [0.29, 0.717) is 23.6 Å². The lowest BCUT2D eigenvalue weighted by Crippen LogP contribution is -2.31. The number of alkyl halides is 2. The molecule has 0 saturated heterocycles. The number of aryl methyl sites for hydroxylation is 2. The summed E-state index contributed by atoms with van der Waals surface area (Å²) >= 11 is 11.8. The maximum atomic E-state index is 6.40. The van der Waals surface area contributed by atoms with Gasteiger partial charge in [-0.15, -0.1) is 23.2 Å². The lowest BCUT2D eigenvalue weighted by molar-refractivity contribution is -0.228. The summed E-state index contributed by atoms with van der Waals surface area (Å²) in [5, 5.41) is 0. The Labute approximate surface area is 196 Å². The first-order chi connectivity index (χ1) is 14.9. The number of hydrogen-bond acceptors (Lipinski definition) is 3. The fraction of sp³-hybridized carbons (Fsp3) is 0.538. The monoisotopic (exact) mass is 462 g/mol. The second-order valence-electron chi connectivity index (χ2n) is 9.01. The minimum atomic E-state index is -0.446. The third-order valence-electron chi connectivity index (χ3n) is 6.54. The molecule has 2 heterocycles. The van der Waals surface area contributed by atoms with Gasteiger partial charge >= 0.3 is 0 Å². The molecule has 2 bridgehead atoms. The third-order valence-corrected chi connectivity index (χ3v) is 7.07. The van der Waals surface area contributed by atoms with Gasteiger partial charge < -0.3 is 9.47 Å². The fourth-order valence-electron chi connectivity index (χ4n) is 4.66. The van der Waals surface area contributed by atoms with Crippen LogP contribution in [0.2, 0.25) is 0 Å². The van der Waals surface area contributed by atoms with E-state index in [1.54, 1.807) is 0 Å². The number of hydrogen-bond donors (Lipinski definition) is 0. The molecule has 0 amide bonds. The molecule has 0 saturated carbocycles. The van der Waals surface area contributed by atoms with E-state index in [-0.39, 0.29) is 0 Å². The summed E-state index contributed by atoms with van der Waals surface area (Å²) in [6.07, 6.45) is 3.24. The van der Waals surface area contributed by atoms with Gasteiger partial charge in [-0.05, 0) is 85.8 Å². The van der Waals surface area contributed by atoms with Gasteiger partial charge in [0.2, 0.25) is 12.6 Å². The van der Waals surface area contributed by atoms with Crippen LogP contribution in [0.25, 0.3) is 0 Å². The van der Waals surface area contributed by atoms with Crippen molar-refractivity contribution < 1.29 is 14.2 Å². The third kappa shape index (κ3) is 4.55. The van der Waals surface area contributed by atoms with Crippen LogP contribution in [-0.2, 0) is 4.74 Å². The molecule has 2 aromatic carbocycles. The maximum Gasteiger partial charge on any atom is 0.233 e. The van der Waals surface area contributed by atoms with E-state index >= 15 is 0 Å². The Hall–Kier alpha value is -1.42. The Morgan fingerprint density at radius 2 is 1.16 bits per heavy atom. The van der Waals surface area contributed by atoms with E-state index in [0.717, 1.165) is 59.4 Å². The Morgan fingerprint density at radius 1 is 0.742 bits per heavy atom. The molecule has 0 aromatic heterocycles. The van der Waals surface area contributed by atoms with E-state index in [4.69, 9.17) is 37.4 Å². The molecule has 4 rings (SSSR count). The Kier molecular flexibility index (Phi) is 7.05. The van der Waals surface area contributed by atoms with Crippen molar-refractivity contribution in [3.8, 4) is 11.5 Å². The second kappa shape index (κ2) is 9.60. The predicted octanol–water partition coefficient (Wildman–Crippen LogP) is 8.05. The highest BCUT2D eigenvalue weighted by atomic mass is 35.5. The van der Waals surface area contributed by atoms with E-state index in [9.17, 15) is 0 Å². The van der Waals surface area contributed by atoms with Crippen molar-refractivity contribution in [3.63, 3.8) is 0 Å². The van der Waals surface area contributed by atoms with Gasteiger partial charge in [-0.25, -0.2) is 0 Å². The highest BCUT2D eigenvalue weighted by molar-refractivity contribution is 6.18. The van der Waals surface area contributed by atoms with Crippen LogP contribution in [0.4, 0.5) is 0 Å². The Balaban J connectivity index is 1.65. The average Bonchev–Trinajstić information content (AvgIpc) is 2.76. The van der Waals surface area contributed by atoms with E-state index in [1.807, 2.05) is 0 Å². The van der Waals surface area contributed by atoms with Crippen molar-refractivity contribution in [1.82, 2.24) is 0 Å². The van der Waals surface area contributed by atoms with Gasteiger partial charge in [0.25, 0.3) is 0 Å². The summed E-state index contributed by atoms with van der Waals surface area (Å²) < 4.78 is 19.0. The molecule has 0 spiro atoms. The molecule has 4 atom stereocenters. The van der Waals surface area contributed by atoms with E-state index in [1.165, 1.54) is 11.1 Å². The van der Waals surface area contributed by atoms with Gasteiger partial charge in [-0.2, -0.15) is 0 Å². The van der Waals surface area contributed by atoms with Gasteiger partial charge in [0.1, 0.15) is 11.5 Å². The molecule has 0 radical (unpaired) electrons. The lowest BCUT2D eigenvalue weighted by Gasteiger charge is -2.39. The van der Waals surface area contributed by atoms with Crippen LogP contribution in [0, 0.1) is 13.8 Å². The van der Waals surface area contributed by atoms with Crippen LogP contribution in [-0.4, -0.2) is 11.8 Å². The molecule has 2 aromatic rings. The van der Waals surface area contributed by atoms with Crippen molar-refractivity contribution in [1.29, 1.82) is 0 Å². The van der Waals surface area contributed by atoms with Gasteiger partial charge in [-0.1, -0.05) is 26.0 Å². The van der Waals surface area contributed by atoms with Crippen LogP contribution in [0.3, 0.4) is 0 Å². The zero-order valence-electron chi connectivity index (χ0n) is 18.8. The maximum absolute atomic E-state index is 6.40. The first-order valence-corrected chi connectivity index (χ1v) is 12.4. The van der Waals surface area contributed by atoms with Gasteiger partial charge in [0.05, 0.1) is 11.1 Å². The van der Waals surface area contributed by atoms with Gasteiger partial charge in [0, 0.05) is 11.8 Å². The highest BCUT2D eigenvalue weighted by Crippen LogP contribution is 2.51. The number of fused-ring (bicyclic) bond motifs is 6. The zero-order valence-corrected chi connectivity index (χ0v) is 20.4. The second-order valence-corrected chi connectivity index (χ2v) is 9.77. The molecule has 4 unspecified atom stereocenters. The van der Waals surface area contributed by atoms with Crippen LogP contribution in [0.5, 0.6) is 11.5 Å². The summed E-state index contributed by atoms with van der Waals surface area (Å²) in [6.45, 7) is 8.70. The molecule has 5 heteroatoms. The van der Waals surface area contributed by atoms with Crippen molar-refractivity contribution in [2.24, 2.45) is 0 Å². The minimum absolute atomic E-state index is 0.426. The highest BCUT2D eigenvalue weighted by Gasteiger charge is 2.40. The van der Waals surface area contributed by atoms with Crippen molar-refractivity contribution in [2.75, 3.05) is 11.8 Å². The van der Waals surface area contributed by atoms with Crippen LogP contribution in [0.15, 0.2) is 24.3 Å². The van der Waals surface area contributed by atoms with Crippen LogP contribution < -0.4 is 9.47 Å². The summed E-state index contributed by atoms with van der Waals surface area (Å²) in [7, 11) is 0. The van der Waals surface area contributed by atoms with Crippen LogP contribution >= 0.6 is 23.2 Å². The number of ether oxygens (including phenoxy) is 3. The minimum Gasteiger partial charge on any atom is -0.459 e. The molecular weight excluding hydrogens is 431 g/mol. The number of rotatable bonds is 8. The van der Waals surface area contributed by atoms with Crippen molar-refractivity contribution in [3.05, 3.63) is 57.6 Å². The summed E-state index contributed by atoms with van der Waals surface area (Å²) in [5.41, 5.74) is 6.77. The standard InChI is InChI=1S/C26H32Cl2O3/c1-15(7-5-9-27)19-11-17(3)23-21(13-19)25-30-24-18(4)12-20(16(2)8-6-10-28)14-22(24)26(29-23)31-25/h11-16,25-26H,5-10H2,1-4H3. The normalized spacial score (nSPS) is 20.8. The van der Waals surface area contributed by atoms with Gasteiger partial charge in [0.15, 0.2) is 0 Å². The first kappa shape index (κ1) is 22.8. The predicted molar refractivity (Wildman–Crippen MR) is 127 cm³/mol. The zero-order chi connectivity index (χ0) is 22.1. The molecule has 3 nitrogen and oxygen atoms in total. The molecule has 0 N–H and O–H groups in total. The smallest absolute Gasteiger partial charge is 0.233 e. The van der Waals surface area contributed by atoms with Crippen LogP contribution in [0.1, 0.15) is 97.3 Å². The Morgan fingerprint density at radius 3 is 1.55 bits per heavy atom. The largest absolute Gasteiger partial charge is 0.459 e. The number of halogens is 2. The van der Waals surface area contributed by atoms with Crippen molar-refractivity contribution >= 4 is 23.2 Å². The molecule has 0 aliphatic carbocycles. The summed E-state index contributed by atoms with van der Waals surface area (Å²) in [4.78, 5) is 0. The molecule has 0 fully saturated rings. The van der Waals surface area contributed by atoms with E-state index in [2.05, 4.69) is 52.0 Å². The summed E-state index contributed by atoms with van der Waals surface area (Å²) in [5.74, 6) is 4.01. The Bertz CT molecular complexity index is 867. The SMILES string of the molecule is Cc1cc(C(C)CCCCl)cc2c1OC1OC2Oc2c(C)cc(C(C)CCCCl)cc21. The van der Waals surface area contributed by atoms with E-state index < -0.39 is 12.6 Å². The quantitative estimate of drug-likeness (QED) is 0.371. The average molecular weight is 463 g/mol. The van der Waals surface area contributed by atoms with Gasteiger partial charge in [-0.3, -0.25) is 4.74 Å². The molecule has 31 heavy (non-hydrogen) atoms. The molecular formula is C26H32Cl2O3. The molecule has 2 aliphatic rings. The molecule has 2 aliphatic heterocycles. The number of benzene rings is 2. The topological polar surface area (TPSA) is 27.7 Å². The summed E-state index contributed by atoms with van der Waals surface area (Å²) in [6, 6.07) is 8.83. The lowest BCUT2D eigenvalue weighted by atomic mass is 9.90.